The molecule has 0 heterocycles. The van der Waals surface area contributed by atoms with Gasteiger partial charge in [0.25, 0.3) is 0 Å². The first-order valence-corrected chi connectivity index (χ1v) is 8.13. The van der Waals surface area contributed by atoms with Crippen LogP contribution in [0.1, 0.15) is 17.2 Å². The van der Waals surface area contributed by atoms with Gasteiger partial charge in [-0.15, -0.1) is 0 Å². The number of anilines is 1. The molecule has 2 aromatic rings. The summed E-state index contributed by atoms with van der Waals surface area (Å²) in [6, 6.07) is 12.8. The molecule has 0 fully saturated rings. The number of carbonyl (C=O) groups excluding carboxylic acids is 2. The van der Waals surface area contributed by atoms with E-state index in [-0.39, 0.29) is 25.4 Å². The Morgan fingerprint density at radius 3 is 2.54 bits per heavy atom. The van der Waals surface area contributed by atoms with E-state index in [1.165, 1.54) is 18.2 Å². The number of hydrogen-bond donors (Lipinski definition) is 3. The first kappa shape index (κ1) is 19.6. The average molecular weight is 360 g/mol. The minimum absolute atomic E-state index is 0.0540. The van der Waals surface area contributed by atoms with Crippen molar-refractivity contribution >= 4 is 17.5 Å². The second-order valence-electron chi connectivity index (χ2n) is 5.67. The molecule has 0 aliphatic heterocycles. The third-order valence-corrected chi connectivity index (χ3v) is 3.60. The van der Waals surface area contributed by atoms with Crippen molar-refractivity contribution in [1.29, 1.82) is 0 Å². The van der Waals surface area contributed by atoms with Gasteiger partial charge in [0.2, 0.25) is 0 Å². The first-order valence-electron chi connectivity index (χ1n) is 8.13. The molecule has 0 bridgehead atoms. The molecule has 1 atom stereocenters. The van der Waals surface area contributed by atoms with Crippen molar-refractivity contribution in [3.63, 3.8) is 0 Å². The number of rotatable bonds is 7. The van der Waals surface area contributed by atoms with Crippen LogP contribution in [0.3, 0.4) is 0 Å². The van der Waals surface area contributed by atoms with Crippen LogP contribution < -0.4 is 10.6 Å². The van der Waals surface area contributed by atoms with Crippen molar-refractivity contribution in [2.75, 3.05) is 25.1 Å². The van der Waals surface area contributed by atoms with Gasteiger partial charge in [0.15, 0.2) is 0 Å². The van der Waals surface area contributed by atoms with E-state index in [4.69, 9.17) is 9.84 Å². The van der Waals surface area contributed by atoms with Crippen LogP contribution >= 0.6 is 0 Å². The van der Waals surface area contributed by atoms with Gasteiger partial charge < -0.3 is 20.5 Å². The van der Waals surface area contributed by atoms with E-state index in [0.29, 0.717) is 0 Å². The summed E-state index contributed by atoms with van der Waals surface area (Å²) in [7, 11) is 0. The van der Waals surface area contributed by atoms with Gasteiger partial charge >= 0.3 is 11.8 Å². The van der Waals surface area contributed by atoms with E-state index in [0.717, 1.165) is 17.2 Å². The third-order valence-electron chi connectivity index (χ3n) is 3.60. The highest BCUT2D eigenvalue weighted by Gasteiger charge is 2.18. The molecule has 138 valence electrons. The lowest BCUT2D eigenvalue weighted by Crippen LogP contribution is -2.38. The van der Waals surface area contributed by atoms with E-state index >= 15 is 0 Å². The van der Waals surface area contributed by atoms with Crippen molar-refractivity contribution < 1.29 is 23.8 Å². The predicted molar refractivity (Wildman–Crippen MR) is 95.0 cm³/mol. The topological polar surface area (TPSA) is 87.7 Å². The minimum Gasteiger partial charge on any atom is -0.394 e. The number of ether oxygens (including phenoxy) is 1. The molecule has 3 N–H and O–H groups in total. The maximum Gasteiger partial charge on any atom is 0.313 e. The lowest BCUT2D eigenvalue weighted by atomic mass is 10.1. The Hall–Kier alpha value is -2.77. The Labute approximate surface area is 151 Å². The standard InChI is InChI=1S/C19H21FN2O4/c1-13-5-7-14(8-6-13)17(26-10-9-23)12-21-18(24)19(25)22-16-4-2-3-15(20)11-16/h2-8,11,17,23H,9-10,12H2,1H3,(H,21,24)(H,22,25). The molecule has 6 nitrogen and oxygen atoms in total. The molecule has 26 heavy (non-hydrogen) atoms. The van der Waals surface area contributed by atoms with Crippen LogP contribution in [-0.2, 0) is 14.3 Å². The Morgan fingerprint density at radius 1 is 1.15 bits per heavy atom. The largest absolute Gasteiger partial charge is 0.394 e. The monoisotopic (exact) mass is 360 g/mol. The fourth-order valence-corrected chi connectivity index (χ4v) is 2.27. The Kier molecular flexibility index (Phi) is 7.25. The second-order valence-corrected chi connectivity index (χ2v) is 5.67. The zero-order valence-corrected chi connectivity index (χ0v) is 14.4. The van der Waals surface area contributed by atoms with Gasteiger partial charge in [-0.05, 0) is 30.7 Å². The number of benzene rings is 2. The molecule has 0 radical (unpaired) electrons. The number of aliphatic hydroxyl groups excluding tert-OH is 1. The first-order chi connectivity index (χ1) is 12.5. The quantitative estimate of drug-likeness (QED) is 0.659. The molecule has 2 amide bonds. The van der Waals surface area contributed by atoms with Crippen LogP contribution in [0.5, 0.6) is 0 Å². The number of amides is 2. The van der Waals surface area contributed by atoms with E-state index in [2.05, 4.69) is 10.6 Å². The zero-order chi connectivity index (χ0) is 18.9. The molecular formula is C19H21FN2O4. The van der Waals surface area contributed by atoms with Crippen LogP contribution in [0.2, 0.25) is 0 Å². The molecule has 0 saturated heterocycles. The molecule has 1 unspecified atom stereocenters. The number of nitrogens with one attached hydrogen (secondary N) is 2. The van der Waals surface area contributed by atoms with Crippen LogP contribution in [0.25, 0.3) is 0 Å². The lowest BCUT2D eigenvalue weighted by Gasteiger charge is -2.18. The summed E-state index contributed by atoms with van der Waals surface area (Å²) in [6.45, 7) is 1.95. The minimum atomic E-state index is -0.902. The molecule has 2 rings (SSSR count). The van der Waals surface area contributed by atoms with Crippen molar-refractivity contribution in [1.82, 2.24) is 5.32 Å². The lowest BCUT2D eigenvalue weighted by molar-refractivity contribution is -0.136. The van der Waals surface area contributed by atoms with Gasteiger partial charge in [0.05, 0.1) is 19.3 Å². The molecule has 0 aromatic heterocycles. The predicted octanol–water partition coefficient (Wildman–Crippen LogP) is 1.94. The summed E-state index contributed by atoms with van der Waals surface area (Å²) < 4.78 is 18.7. The van der Waals surface area contributed by atoms with Crippen molar-refractivity contribution in [2.24, 2.45) is 0 Å². The average Bonchev–Trinajstić information content (AvgIpc) is 2.62. The van der Waals surface area contributed by atoms with Gasteiger partial charge in [-0.25, -0.2) is 4.39 Å². The fourth-order valence-electron chi connectivity index (χ4n) is 2.27. The van der Waals surface area contributed by atoms with Crippen molar-refractivity contribution in [3.05, 3.63) is 65.5 Å². The van der Waals surface area contributed by atoms with E-state index in [9.17, 15) is 14.0 Å². The summed E-state index contributed by atoms with van der Waals surface area (Å²) in [4.78, 5) is 23.9. The summed E-state index contributed by atoms with van der Waals surface area (Å²) in [5.41, 5.74) is 2.08. The van der Waals surface area contributed by atoms with Gasteiger partial charge in [0.1, 0.15) is 5.82 Å². The van der Waals surface area contributed by atoms with Crippen molar-refractivity contribution in [2.45, 2.75) is 13.0 Å². The maximum absolute atomic E-state index is 13.1. The fraction of sp³-hybridized carbons (Fsp3) is 0.263. The smallest absolute Gasteiger partial charge is 0.313 e. The number of aryl methyl sites for hydroxylation is 1. The summed E-state index contributed by atoms with van der Waals surface area (Å²) in [5.74, 6) is -2.28. The van der Waals surface area contributed by atoms with Gasteiger partial charge in [-0.2, -0.15) is 0 Å². The van der Waals surface area contributed by atoms with Crippen LogP contribution in [0, 0.1) is 12.7 Å². The highest BCUT2D eigenvalue weighted by Crippen LogP contribution is 2.17. The molecule has 0 spiro atoms. The number of carbonyl (C=O) groups is 2. The summed E-state index contributed by atoms with van der Waals surface area (Å²) in [6.07, 6.45) is -0.506. The molecule has 0 aliphatic rings. The van der Waals surface area contributed by atoms with Crippen LogP contribution in [0.15, 0.2) is 48.5 Å². The number of hydrogen-bond acceptors (Lipinski definition) is 4. The Bertz CT molecular complexity index is 749. The summed E-state index contributed by atoms with van der Waals surface area (Å²) >= 11 is 0. The highest BCUT2D eigenvalue weighted by molar-refractivity contribution is 6.39. The zero-order valence-electron chi connectivity index (χ0n) is 14.4. The SMILES string of the molecule is Cc1ccc(C(CNC(=O)C(=O)Nc2cccc(F)c2)OCCO)cc1. The third kappa shape index (κ3) is 5.94. The Morgan fingerprint density at radius 2 is 1.88 bits per heavy atom. The molecule has 0 saturated carbocycles. The van der Waals surface area contributed by atoms with Gasteiger partial charge in [0, 0.05) is 12.2 Å². The number of aliphatic hydroxyl groups is 1. The maximum atomic E-state index is 13.1. The molecule has 7 heteroatoms. The van der Waals surface area contributed by atoms with Crippen LogP contribution in [-0.4, -0.2) is 36.7 Å². The van der Waals surface area contributed by atoms with Gasteiger partial charge in [-0.3, -0.25) is 9.59 Å². The van der Waals surface area contributed by atoms with Gasteiger partial charge in [-0.1, -0.05) is 35.9 Å². The normalized spacial score (nSPS) is 11.7. The van der Waals surface area contributed by atoms with E-state index in [1.54, 1.807) is 0 Å². The number of halogens is 1. The summed E-state index contributed by atoms with van der Waals surface area (Å²) in [5, 5.41) is 13.8. The van der Waals surface area contributed by atoms with Crippen LogP contribution in [0.4, 0.5) is 10.1 Å². The van der Waals surface area contributed by atoms with E-state index < -0.39 is 23.7 Å². The van der Waals surface area contributed by atoms with Crippen molar-refractivity contribution in [3.8, 4) is 0 Å². The molecule has 0 aliphatic carbocycles. The Balaban J connectivity index is 1.94. The molecular weight excluding hydrogens is 339 g/mol. The molecule has 2 aromatic carbocycles. The van der Waals surface area contributed by atoms with E-state index in [1.807, 2.05) is 31.2 Å². The highest BCUT2D eigenvalue weighted by atomic mass is 19.1. The second kappa shape index (κ2) is 9.65.